The Morgan fingerprint density at radius 2 is 2.45 bits per heavy atom. The number of aromatic nitrogens is 1. The zero-order valence-electron chi connectivity index (χ0n) is 6.16. The Morgan fingerprint density at radius 1 is 1.64 bits per heavy atom. The van der Waals surface area contributed by atoms with E-state index >= 15 is 0 Å². The molecule has 11 heavy (non-hydrogen) atoms. The summed E-state index contributed by atoms with van der Waals surface area (Å²) in [4.78, 5) is 4.00. The van der Waals surface area contributed by atoms with Crippen molar-refractivity contribution in [1.29, 1.82) is 0 Å². The van der Waals surface area contributed by atoms with Crippen molar-refractivity contribution < 1.29 is 0 Å². The molecule has 0 saturated heterocycles. The van der Waals surface area contributed by atoms with Crippen LogP contribution in [-0.2, 0) is 6.42 Å². The summed E-state index contributed by atoms with van der Waals surface area (Å²) in [5.74, 6) is 0. The van der Waals surface area contributed by atoms with Crippen molar-refractivity contribution in [3.05, 3.63) is 30.1 Å². The Labute approximate surface area is 74.2 Å². The van der Waals surface area contributed by atoms with Gasteiger partial charge in [0.15, 0.2) is 0 Å². The summed E-state index contributed by atoms with van der Waals surface area (Å²) in [7, 11) is 0. The molecule has 0 atom stereocenters. The van der Waals surface area contributed by atoms with Crippen LogP contribution in [0.15, 0.2) is 24.5 Å². The van der Waals surface area contributed by atoms with Crippen molar-refractivity contribution in [2.45, 2.75) is 6.42 Å². The molecule has 3 heteroatoms. The Morgan fingerprint density at radius 3 is 3.00 bits per heavy atom. The van der Waals surface area contributed by atoms with Crippen molar-refractivity contribution >= 4 is 20.0 Å². The summed E-state index contributed by atoms with van der Waals surface area (Å²) < 4.78 is 1.16. The molecule has 0 spiro atoms. The fraction of sp³-hybridized carbons (Fsp3) is 0.250. The number of pyridine rings is 1. The average molecular weight is 213 g/mol. The molecule has 1 aromatic heterocycles. The second-order valence-corrected chi connectivity index (χ2v) is 3.49. The molecule has 0 fully saturated rings. The van der Waals surface area contributed by atoms with Crippen molar-refractivity contribution in [3.63, 3.8) is 0 Å². The van der Waals surface area contributed by atoms with Crippen LogP contribution in [-0.4, -0.2) is 31.5 Å². The average Bonchev–Trinajstić information content (AvgIpc) is 2.06. The normalized spacial score (nSPS) is 9.55. The van der Waals surface area contributed by atoms with Crippen molar-refractivity contribution in [3.8, 4) is 0 Å². The van der Waals surface area contributed by atoms with Crippen LogP contribution in [0.25, 0.3) is 0 Å². The molecule has 0 amide bonds. The second-order valence-electron chi connectivity index (χ2n) is 2.28. The van der Waals surface area contributed by atoms with Gasteiger partial charge in [0.1, 0.15) is 0 Å². The van der Waals surface area contributed by atoms with Gasteiger partial charge in [-0.2, -0.15) is 0 Å². The fourth-order valence-corrected chi connectivity index (χ4v) is 1.15. The zero-order chi connectivity index (χ0) is 8.10. The van der Waals surface area contributed by atoms with E-state index in [0.29, 0.717) is 6.54 Å². The van der Waals surface area contributed by atoms with E-state index in [0.717, 1.165) is 10.8 Å². The molecule has 0 aliphatic heterocycles. The molecule has 2 nitrogen and oxygen atoms in total. The predicted molar refractivity (Wildman–Crippen MR) is 47.8 cm³/mol. The van der Waals surface area contributed by atoms with E-state index in [2.05, 4.69) is 20.6 Å². The van der Waals surface area contributed by atoms with Gasteiger partial charge < -0.3 is 0 Å². The topological polar surface area (TPSA) is 38.9 Å². The van der Waals surface area contributed by atoms with Gasteiger partial charge in [0, 0.05) is 0 Å². The number of hydrogen-bond donors (Lipinski definition) is 1. The molecule has 1 rings (SSSR count). The van der Waals surface area contributed by atoms with E-state index in [1.807, 2.05) is 18.3 Å². The molecule has 0 aromatic carbocycles. The molecule has 0 aliphatic carbocycles. The van der Waals surface area contributed by atoms with Crippen molar-refractivity contribution in [2.24, 2.45) is 5.73 Å². The third-order valence-corrected chi connectivity index (χ3v) is 2.00. The third-order valence-electron chi connectivity index (χ3n) is 1.35. The Bertz CT molecular complexity index is 233. The molecular weight excluding hydrogens is 203 g/mol. The van der Waals surface area contributed by atoms with Gasteiger partial charge in [0.25, 0.3) is 0 Å². The van der Waals surface area contributed by atoms with Gasteiger partial charge in [-0.1, -0.05) is 0 Å². The summed E-state index contributed by atoms with van der Waals surface area (Å²) >= 11 is 2.94. The molecule has 2 N–H and O–H groups in total. The van der Waals surface area contributed by atoms with Gasteiger partial charge >= 0.3 is 73.8 Å². The van der Waals surface area contributed by atoms with Gasteiger partial charge in [-0.25, -0.2) is 0 Å². The Hall–Kier alpha value is -0.501. The van der Waals surface area contributed by atoms with Crippen molar-refractivity contribution in [2.75, 3.05) is 6.54 Å². The maximum atomic E-state index is 5.43. The van der Waals surface area contributed by atoms with Crippen LogP contribution in [0.5, 0.6) is 0 Å². The Balaban J connectivity index is 2.58. The first kappa shape index (κ1) is 8.59. The molecule has 0 bridgehead atoms. The van der Waals surface area contributed by atoms with E-state index in [1.54, 1.807) is 6.20 Å². The van der Waals surface area contributed by atoms with Gasteiger partial charge in [0.05, 0.1) is 0 Å². The predicted octanol–water partition coefficient (Wildman–Crippen LogP) is -0.0763. The minimum absolute atomic E-state index is 0.606. The van der Waals surface area contributed by atoms with E-state index in [-0.39, 0.29) is 0 Å². The monoisotopic (exact) mass is 214 g/mol. The molecular formula is C8H10N2Se. The first-order valence-corrected chi connectivity index (χ1v) is 4.29. The zero-order valence-corrected chi connectivity index (χ0v) is 7.87. The second kappa shape index (κ2) is 4.39. The van der Waals surface area contributed by atoms with Crippen LogP contribution >= 0.6 is 0 Å². The molecule has 0 unspecified atom stereocenters. The standard InChI is InChI=1S/C8H10N2Se/c9-5-8(11)4-7-2-1-3-10-6-7/h1-3,6H,4-5,9H2. The van der Waals surface area contributed by atoms with E-state index < -0.39 is 0 Å². The van der Waals surface area contributed by atoms with Crippen LogP contribution in [0.4, 0.5) is 0 Å². The number of hydrogen-bond acceptors (Lipinski definition) is 2. The summed E-state index contributed by atoms with van der Waals surface area (Å²) in [6.45, 7) is 0.606. The van der Waals surface area contributed by atoms with E-state index in [9.17, 15) is 0 Å². The molecule has 58 valence electrons. The molecule has 0 saturated carbocycles. The quantitative estimate of drug-likeness (QED) is 0.713. The fourth-order valence-electron chi connectivity index (χ4n) is 0.803. The molecule has 1 aromatic rings. The van der Waals surface area contributed by atoms with Crippen molar-refractivity contribution in [1.82, 2.24) is 4.98 Å². The van der Waals surface area contributed by atoms with E-state index in [4.69, 9.17) is 5.73 Å². The molecule has 0 aliphatic rings. The summed E-state index contributed by atoms with van der Waals surface area (Å²) in [5, 5.41) is 0. The summed E-state index contributed by atoms with van der Waals surface area (Å²) in [6.07, 6.45) is 4.52. The SMILES string of the molecule is NCC(=[Se])Cc1cccnc1. The van der Waals surface area contributed by atoms with Crippen LogP contribution in [0.3, 0.4) is 0 Å². The van der Waals surface area contributed by atoms with Crippen LogP contribution < -0.4 is 5.73 Å². The maximum absolute atomic E-state index is 5.43. The first-order chi connectivity index (χ1) is 5.33. The van der Waals surface area contributed by atoms with Gasteiger partial charge in [-0.05, 0) is 0 Å². The van der Waals surface area contributed by atoms with Gasteiger partial charge in [-0.3, -0.25) is 0 Å². The number of nitrogens with two attached hydrogens (primary N) is 1. The summed E-state index contributed by atoms with van der Waals surface area (Å²) in [5.41, 5.74) is 6.63. The van der Waals surface area contributed by atoms with Crippen LogP contribution in [0.2, 0.25) is 0 Å². The number of nitrogens with zero attached hydrogens (tertiary/aromatic N) is 1. The Kier molecular flexibility index (Phi) is 3.43. The number of rotatable bonds is 3. The molecule has 0 radical (unpaired) electrons. The van der Waals surface area contributed by atoms with Crippen LogP contribution in [0.1, 0.15) is 5.56 Å². The summed E-state index contributed by atoms with van der Waals surface area (Å²) in [6, 6.07) is 3.97. The first-order valence-electron chi connectivity index (χ1n) is 3.43. The van der Waals surface area contributed by atoms with Gasteiger partial charge in [-0.15, -0.1) is 0 Å². The van der Waals surface area contributed by atoms with Crippen LogP contribution in [0, 0.1) is 0 Å². The minimum atomic E-state index is 0.606. The third kappa shape index (κ3) is 2.93. The van der Waals surface area contributed by atoms with Gasteiger partial charge in [0.2, 0.25) is 0 Å². The van der Waals surface area contributed by atoms with E-state index in [1.165, 1.54) is 5.56 Å². The molecule has 1 heterocycles.